The Hall–Kier alpha value is -4.53. The van der Waals surface area contributed by atoms with Crippen LogP contribution in [0.25, 0.3) is 22.8 Å². The van der Waals surface area contributed by atoms with Crippen molar-refractivity contribution in [3.63, 3.8) is 0 Å². The van der Waals surface area contributed by atoms with Crippen molar-refractivity contribution in [2.75, 3.05) is 32.8 Å². The number of carbonyl (C=O) groups is 1. The van der Waals surface area contributed by atoms with E-state index in [4.69, 9.17) is 23.5 Å². The molecule has 0 aliphatic carbocycles. The second kappa shape index (κ2) is 11.3. The minimum absolute atomic E-state index is 0.338. The lowest BCUT2D eigenvalue weighted by molar-refractivity contribution is 0.102. The van der Waals surface area contributed by atoms with E-state index in [0.717, 1.165) is 0 Å². The molecule has 186 valence electrons. The molecule has 0 aliphatic rings. The highest BCUT2D eigenvalue weighted by Crippen LogP contribution is 2.34. The first-order valence-corrected chi connectivity index (χ1v) is 11.4. The van der Waals surface area contributed by atoms with Crippen molar-refractivity contribution >= 4 is 11.6 Å². The quantitative estimate of drug-likeness (QED) is 0.313. The Morgan fingerprint density at radius 2 is 1.64 bits per heavy atom. The van der Waals surface area contributed by atoms with Crippen LogP contribution in [0.3, 0.4) is 0 Å². The van der Waals surface area contributed by atoms with Gasteiger partial charge in [-0.2, -0.15) is 4.98 Å². The third kappa shape index (κ3) is 5.25. The van der Waals surface area contributed by atoms with Crippen LogP contribution in [-0.4, -0.2) is 43.5 Å². The summed E-state index contributed by atoms with van der Waals surface area (Å²) in [4.78, 5) is 17.5. The standard InChI is InChI=1S/C27H27N3O6/c1-5-34-21-14-13-18(16-23(21)35-6-2)27-29-25(30-36-27)17-9-7-10-19(15-17)28-26(31)20-11-8-12-22(32-3)24(20)33-4/h7-16H,5-6H2,1-4H3,(H,28,31). The lowest BCUT2D eigenvalue weighted by atomic mass is 10.1. The summed E-state index contributed by atoms with van der Waals surface area (Å²) in [5.41, 5.74) is 2.30. The third-order valence-corrected chi connectivity index (χ3v) is 5.24. The molecule has 0 radical (unpaired) electrons. The van der Waals surface area contributed by atoms with E-state index in [-0.39, 0.29) is 5.91 Å². The van der Waals surface area contributed by atoms with Crippen LogP contribution in [0.1, 0.15) is 24.2 Å². The highest BCUT2D eigenvalue weighted by molar-refractivity contribution is 6.07. The molecular formula is C27H27N3O6. The number of ether oxygens (including phenoxy) is 4. The van der Waals surface area contributed by atoms with E-state index < -0.39 is 0 Å². The number of aromatic nitrogens is 2. The number of nitrogens with one attached hydrogen (secondary N) is 1. The number of nitrogens with zero attached hydrogens (tertiary/aromatic N) is 2. The Labute approximate surface area is 209 Å². The SMILES string of the molecule is CCOc1ccc(-c2nc(-c3cccc(NC(=O)c4cccc(OC)c4OC)c3)no2)cc1OCC. The summed E-state index contributed by atoms with van der Waals surface area (Å²) in [6, 6.07) is 17.8. The number of methoxy groups -OCH3 is 2. The number of anilines is 1. The van der Waals surface area contributed by atoms with Gasteiger partial charge in [-0.15, -0.1) is 0 Å². The molecule has 9 nitrogen and oxygen atoms in total. The molecule has 0 bridgehead atoms. The second-order valence-electron chi connectivity index (χ2n) is 7.53. The fourth-order valence-corrected chi connectivity index (χ4v) is 3.64. The highest BCUT2D eigenvalue weighted by atomic mass is 16.5. The van der Waals surface area contributed by atoms with Crippen molar-refractivity contribution in [3.8, 4) is 45.8 Å². The van der Waals surface area contributed by atoms with Crippen molar-refractivity contribution < 1.29 is 28.3 Å². The molecule has 1 amide bonds. The monoisotopic (exact) mass is 489 g/mol. The van der Waals surface area contributed by atoms with Crippen LogP contribution in [0.15, 0.2) is 65.2 Å². The largest absolute Gasteiger partial charge is 0.493 e. The van der Waals surface area contributed by atoms with E-state index in [1.54, 1.807) is 36.4 Å². The Morgan fingerprint density at radius 3 is 2.39 bits per heavy atom. The van der Waals surface area contributed by atoms with Gasteiger partial charge in [-0.25, -0.2) is 0 Å². The van der Waals surface area contributed by atoms with E-state index in [0.29, 0.717) is 70.3 Å². The molecule has 1 N–H and O–H groups in total. The summed E-state index contributed by atoms with van der Waals surface area (Å²) in [5, 5.41) is 7.00. The number of amides is 1. The highest BCUT2D eigenvalue weighted by Gasteiger charge is 2.18. The molecule has 36 heavy (non-hydrogen) atoms. The summed E-state index contributed by atoms with van der Waals surface area (Å²) in [6.07, 6.45) is 0. The van der Waals surface area contributed by atoms with Gasteiger partial charge in [0, 0.05) is 16.8 Å². The number of hydrogen-bond acceptors (Lipinski definition) is 8. The number of benzene rings is 3. The third-order valence-electron chi connectivity index (χ3n) is 5.24. The second-order valence-corrected chi connectivity index (χ2v) is 7.53. The molecule has 0 unspecified atom stereocenters. The molecule has 3 aromatic carbocycles. The van der Waals surface area contributed by atoms with Crippen molar-refractivity contribution in [1.82, 2.24) is 10.1 Å². The first-order chi connectivity index (χ1) is 17.6. The van der Waals surface area contributed by atoms with Gasteiger partial charge in [0.2, 0.25) is 5.82 Å². The van der Waals surface area contributed by atoms with Gasteiger partial charge in [0.25, 0.3) is 11.8 Å². The topological polar surface area (TPSA) is 105 Å². The molecule has 0 spiro atoms. The number of carbonyl (C=O) groups excluding carboxylic acids is 1. The van der Waals surface area contributed by atoms with E-state index >= 15 is 0 Å². The smallest absolute Gasteiger partial charge is 0.259 e. The lowest BCUT2D eigenvalue weighted by Crippen LogP contribution is -2.13. The molecule has 0 fully saturated rings. The zero-order valence-electron chi connectivity index (χ0n) is 20.5. The lowest BCUT2D eigenvalue weighted by Gasteiger charge is -2.12. The predicted molar refractivity (Wildman–Crippen MR) is 135 cm³/mol. The number of hydrogen-bond donors (Lipinski definition) is 1. The first-order valence-electron chi connectivity index (χ1n) is 11.4. The van der Waals surface area contributed by atoms with Gasteiger partial charge in [-0.05, 0) is 56.3 Å². The molecule has 0 aliphatic heterocycles. The summed E-state index contributed by atoms with van der Waals surface area (Å²) < 4.78 is 27.5. The first kappa shape index (κ1) is 24.6. The maximum absolute atomic E-state index is 12.9. The minimum Gasteiger partial charge on any atom is -0.493 e. The van der Waals surface area contributed by atoms with Crippen LogP contribution < -0.4 is 24.3 Å². The van der Waals surface area contributed by atoms with E-state index in [9.17, 15) is 4.79 Å². The van der Waals surface area contributed by atoms with Crippen LogP contribution >= 0.6 is 0 Å². The molecule has 0 saturated heterocycles. The van der Waals surface area contributed by atoms with Gasteiger partial charge in [0.1, 0.15) is 0 Å². The van der Waals surface area contributed by atoms with E-state index in [2.05, 4.69) is 15.5 Å². The summed E-state index contributed by atoms with van der Waals surface area (Å²) >= 11 is 0. The van der Waals surface area contributed by atoms with Crippen LogP contribution in [0.2, 0.25) is 0 Å². The van der Waals surface area contributed by atoms with Crippen molar-refractivity contribution in [1.29, 1.82) is 0 Å². The maximum Gasteiger partial charge on any atom is 0.259 e. The summed E-state index contributed by atoms with van der Waals surface area (Å²) in [5.74, 6) is 2.47. The predicted octanol–water partition coefficient (Wildman–Crippen LogP) is 5.47. The van der Waals surface area contributed by atoms with Gasteiger partial charge in [-0.3, -0.25) is 4.79 Å². The van der Waals surface area contributed by atoms with Gasteiger partial charge < -0.3 is 28.8 Å². The van der Waals surface area contributed by atoms with Crippen molar-refractivity contribution in [3.05, 3.63) is 66.2 Å². The summed E-state index contributed by atoms with van der Waals surface area (Å²) in [7, 11) is 3.01. The van der Waals surface area contributed by atoms with Crippen molar-refractivity contribution in [2.24, 2.45) is 0 Å². The van der Waals surface area contributed by atoms with Gasteiger partial charge in [0.15, 0.2) is 23.0 Å². The Morgan fingerprint density at radius 1 is 0.861 bits per heavy atom. The van der Waals surface area contributed by atoms with Crippen LogP contribution in [0, 0.1) is 0 Å². The molecule has 9 heteroatoms. The summed E-state index contributed by atoms with van der Waals surface area (Å²) in [6.45, 7) is 4.85. The zero-order chi connectivity index (χ0) is 25.5. The maximum atomic E-state index is 12.9. The van der Waals surface area contributed by atoms with Crippen LogP contribution in [0.5, 0.6) is 23.0 Å². The Balaban J connectivity index is 1.56. The van der Waals surface area contributed by atoms with E-state index in [1.165, 1.54) is 14.2 Å². The fourth-order valence-electron chi connectivity index (χ4n) is 3.64. The molecule has 1 heterocycles. The normalized spacial score (nSPS) is 10.6. The fraction of sp³-hybridized carbons (Fsp3) is 0.222. The van der Waals surface area contributed by atoms with Crippen LogP contribution in [0.4, 0.5) is 5.69 Å². The van der Waals surface area contributed by atoms with Gasteiger partial charge in [0.05, 0.1) is 33.0 Å². The number of para-hydroxylation sites is 1. The van der Waals surface area contributed by atoms with Crippen molar-refractivity contribution in [2.45, 2.75) is 13.8 Å². The zero-order valence-corrected chi connectivity index (χ0v) is 20.5. The Kier molecular flexibility index (Phi) is 7.69. The van der Waals surface area contributed by atoms with E-state index in [1.807, 2.05) is 38.1 Å². The molecule has 4 aromatic rings. The van der Waals surface area contributed by atoms with Gasteiger partial charge in [-0.1, -0.05) is 23.4 Å². The number of rotatable bonds is 10. The molecule has 0 saturated carbocycles. The molecular weight excluding hydrogens is 462 g/mol. The molecule has 0 atom stereocenters. The molecule has 1 aromatic heterocycles. The van der Waals surface area contributed by atoms with Crippen LogP contribution in [-0.2, 0) is 0 Å². The van der Waals surface area contributed by atoms with Gasteiger partial charge >= 0.3 is 0 Å². The Bertz CT molecular complexity index is 1350. The average Bonchev–Trinajstić information content (AvgIpc) is 3.40. The average molecular weight is 490 g/mol. The molecule has 4 rings (SSSR count). The minimum atomic E-state index is -0.338.